The highest BCUT2D eigenvalue weighted by atomic mass is 35.5. The summed E-state index contributed by atoms with van der Waals surface area (Å²) in [7, 11) is 0. The van der Waals surface area contributed by atoms with Gasteiger partial charge >= 0.3 is 5.97 Å². The van der Waals surface area contributed by atoms with E-state index in [4.69, 9.17) is 27.9 Å². The zero-order chi connectivity index (χ0) is 16.3. The number of rotatable bonds is 4. The molecule has 1 fully saturated rings. The number of hydrogen-bond acceptors (Lipinski definition) is 4. The van der Waals surface area contributed by atoms with Gasteiger partial charge in [0.25, 0.3) is 5.91 Å². The van der Waals surface area contributed by atoms with E-state index in [-0.39, 0.29) is 12.3 Å². The lowest BCUT2D eigenvalue weighted by Crippen LogP contribution is -2.39. The summed E-state index contributed by atoms with van der Waals surface area (Å²) in [4.78, 5) is 34.9. The Morgan fingerprint density at radius 2 is 2.14 bits per heavy atom. The van der Waals surface area contributed by atoms with Crippen molar-refractivity contribution in [1.82, 2.24) is 5.32 Å². The van der Waals surface area contributed by atoms with Crippen LogP contribution in [0.15, 0.2) is 18.2 Å². The van der Waals surface area contributed by atoms with E-state index in [2.05, 4.69) is 10.6 Å². The largest absolute Gasteiger partial charge is 0.451 e. The number of ether oxygens (including phenoxy) is 1. The van der Waals surface area contributed by atoms with Gasteiger partial charge in [-0.15, -0.1) is 0 Å². The molecule has 118 valence electrons. The van der Waals surface area contributed by atoms with Gasteiger partial charge in [0.05, 0.1) is 10.7 Å². The summed E-state index contributed by atoms with van der Waals surface area (Å²) >= 11 is 11.8. The maximum atomic E-state index is 12.0. The highest BCUT2D eigenvalue weighted by Gasteiger charge is 2.30. The molecule has 0 saturated carbocycles. The lowest BCUT2D eigenvalue weighted by atomic mass is 10.2. The number of nitrogens with one attached hydrogen (secondary N) is 2. The molecule has 1 aromatic carbocycles. The molecular weight excluding hydrogens is 331 g/mol. The fourth-order valence-corrected chi connectivity index (χ4v) is 2.27. The van der Waals surface area contributed by atoms with Gasteiger partial charge in [-0.1, -0.05) is 23.2 Å². The second-order valence-electron chi connectivity index (χ2n) is 4.85. The molecule has 2 rings (SSSR count). The second kappa shape index (κ2) is 6.98. The molecule has 1 heterocycles. The lowest BCUT2D eigenvalue weighted by molar-refractivity contribution is -0.155. The first-order valence-electron chi connectivity index (χ1n) is 6.62. The van der Waals surface area contributed by atoms with Gasteiger partial charge in [-0.3, -0.25) is 9.59 Å². The number of carbonyl (C=O) groups is 3. The first-order chi connectivity index (χ1) is 10.4. The number of hydrogen-bond donors (Lipinski definition) is 2. The van der Waals surface area contributed by atoms with Crippen LogP contribution in [0.5, 0.6) is 0 Å². The van der Waals surface area contributed by atoms with E-state index in [9.17, 15) is 14.4 Å². The molecule has 0 bridgehead atoms. The van der Waals surface area contributed by atoms with Crippen molar-refractivity contribution in [2.24, 2.45) is 0 Å². The fourth-order valence-electron chi connectivity index (χ4n) is 1.93. The summed E-state index contributed by atoms with van der Waals surface area (Å²) in [6.07, 6.45) is -0.384. The van der Waals surface area contributed by atoms with E-state index in [1.54, 1.807) is 12.1 Å². The second-order valence-corrected chi connectivity index (χ2v) is 5.69. The molecule has 1 aliphatic heterocycles. The molecule has 22 heavy (non-hydrogen) atoms. The number of anilines is 1. The van der Waals surface area contributed by atoms with Crippen LogP contribution in [0.4, 0.5) is 5.69 Å². The van der Waals surface area contributed by atoms with Crippen LogP contribution in [0.1, 0.15) is 19.8 Å². The van der Waals surface area contributed by atoms with Crippen molar-refractivity contribution in [3.05, 3.63) is 28.2 Å². The molecule has 1 aromatic rings. The summed E-state index contributed by atoms with van der Waals surface area (Å²) in [5.41, 5.74) is 0.330. The van der Waals surface area contributed by atoms with Crippen LogP contribution in [0.25, 0.3) is 0 Å². The third-order valence-corrected chi connectivity index (χ3v) is 3.69. The SMILES string of the molecule is C[C@@H](OC(=O)[C@H]1CCC(=O)N1)C(=O)Nc1cc(Cl)ccc1Cl. The minimum Gasteiger partial charge on any atom is -0.451 e. The van der Waals surface area contributed by atoms with Gasteiger partial charge in [-0.2, -0.15) is 0 Å². The molecule has 0 unspecified atom stereocenters. The molecule has 0 radical (unpaired) electrons. The average molecular weight is 345 g/mol. The number of benzene rings is 1. The molecule has 2 amide bonds. The third kappa shape index (κ3) is 4.11. The average Bonchev–Trinajstić information content (AvgIpc) is 2.89. The van der Waals surface area contributed by atoms with Gasteiger partial charge in [-0.25, -0.2) is 4.79 Å². The highest BCUT2D eigenvalue weighted by molar-refractivity contribution is 6.35. The predicted octanol–water partition coefficient (Wildman–Crippen LogP) is 2.14. The molecular formula is C14H14Cl2N2O4. The fraction of sp³-hybridized carbons (Fsp3) is 0.357. The number of carbonyl (C=O) groups excluding carboxylic acids is 3. The first kappa shape index (κ1) is 16.6. The van der Waals surface area contributed by atoms with Crippen molar-refractivity contribution in [3.63, 3.8) is 0 Å². The van der Waals surface area contributed by atoms with E-state index < -0.39 is 24.0 Å². The van der Waals surface area contributed by atoms with Gasteiger partial charge in [0, 0.05) is 11.4 Å². The quantitative estimate of drug-likeness (QED) is 0.819. The number of esters is 1. The molecule has 1 aliphatic rings. The van der Waals surface area contributed by atoms with Crippen molar-refractivity contribution >= 4 is 46.7 Å². The number of halogens is 2. The molecule has 0 aliphatic carbocycles. The van der Waals surface area contributed by atoms with Gasteiger partial charge in [0.15, 0.2) is 6.10 Å². The number of amides is 2. The molecule has 8 heteroatoms. The minimum absolute atomic E-state index is 0.204. The minimum atomic E-state index is -1.03. The zero-order valence-electron chi connectivity index (χ0n) is 11.7. The molecule has 2 N–H and O–H groups in total. The van der Waals surface area contributed by atoms with Crippen molar-refractivity contribution < 1.29 is 19.1 Å². The van der Waals surface area contributed by atoms with Crippen molar-refractivity contribution in [1.29, 1.82) is 0 Å². The summed E-state index contributed by atoms with van der Waals surface area (Å²) in [6, 6.07) is 3.93. The van der Waals surface area contributed by atoms with Gasteiger partial charge in [-0.05, 0) is 31.5 Å². The Morgan fingerprint density at radius 3 is 2.77 bits per heavy atom. The van der Waals surface area contributed by atoms with Gasteiger partial charge in [0.2, 0.25) is 5.91 Å². The molecule has 0 spiro atoms. The van der Waals surface area contributed by atoms with E-state index in [0.29, 0.717) is 22.2 Å². The molecule has 6 nitrogen and oxygen atoms in total. The van der Waals surface area contributed by atoms with E-state index in [1.807, 2.05) is 0 Å². The topological polar surface area (TPSA) is 84.5 Å². The third-order valence-electron chi connectivity index (χ3n) is 3.13. The monoisotopic (exact) mass is 344 g/mol. The Labute approximate surface area is 137 Å². The Balaban J connectivity index is 1.93. The van der Waals surface area contributed by atoms with E-state index >= 15 is 0 Å². The van der Waals surface area contributed by atoms with Crippen LogP contribution in [-0.4, -0.2) is 29.9 Å². The Morgan fingerprint density at radius 1 is 1.41 bits per heavy atom. The summed E-state index contributed by atoms with van der Waals surface area (Å²) in [6.45, 7) is 1.43. The van der Waals surface area contributed by atoms with Crippen LogP contribution in [0.3, 0.4) is 0 Å². The van der Waals surface area contributed by atoms with Crippen LogP contribution in [0, 0.1) is 0 Å². The van der Waals surface area contributed by atoms with Crippen LogP contribution < -0.4 is 10.6 Å². The summed E-state index contributed by atoms with van der Waals surface area (Å²) < 4.78 is 5.04. The predicted molar refractivity (Wildman–Crippen MR) is 81.8 cm³/mol. The maximum absolute atomic E-state index is 12.0. The van der Waals surface area contributed by atoms with Crippen molar-refractivity contribution in [2.75, 3.05) is 5.32 Å². The van der Waals surface area contributed by atoms with Gasteiger partial charge < -0.3 is 15.4 Å². The van der Waals surface area contributed by atoms with E-state index in [0.717, 1.165) is 0 Å². The smallest absolute Gasteiger partial charge is 0.329 e. The Hall–Kier alpha value is -1.79. The summed E-state index contributed by atoms with van der Waals surface area (Å²) in [5.74, 6) is -1.38. The molecule has 1 saturated heterocycles. The van der Waals surface area contributed by atoms with Gasteiger partial charge in [0.1, 0.15) is 6.04 Å². The highest BCUT2D eigenvalue weighted by Crippen LogP contribution is 2.25. The van der Waals surface area contributed by atoms with E-state index in [1.165, 1.54) is 13.0 Å². The summed E-state index contributed by atoms with van der Waals surface area (Å²) in [5, 5.41) is 5.75. The molecule has 0 aromatic heterocycles. The maximum Gasteiger partial charge on any atom is 0.329 e. The van der Waals surface area contributed by atoms with Crippen LogP contribution in [-0.2, 0) is 19.1 Å². The van der Waals surface area contributed by atoms with Crippen molar-refractivity contribution in [3.8, 4) is 0 Å². The van der Waals surface area contributed by atoms with Crippen molar-refractivity contribution in [2.45, 2.75) is 31.9 Å². The van der Waals surface area contributed by atoms with Crippen LogP contribution in [0.2, 0.25) is 10.0 Å². The first-order valence-corrected chi connectivity index (χ1v) is 7.38. The molecule has 2 atom stereocenters. The van der Waals surface area contributed by atoms with Crippen LogP contribution >= 0.6 is 23.2 Å². The lowest BCUT2D eigenvalue weighted by Gasteiger charge is -2.16. The normalized spacial score (nSPS) is 18.5. The Bertz CT molecular complexity index is 621. The zero-order valence-corrected chi connectivity index (χ0v) is 13.2. The Kier molecular flexibility index (Phi) is 5.26. The standard InChI is InChI=1S/C14H14Cl2N2O4/c1-7(22-14(21)10-4-5-12(19)17-10)13(20)18-11-6-8(15)2-3-9(11)16/h2-3,6-7,10H,4-5H2,1H3,(H,17,19)(H,18,20)/t7-,10-/m1/s1.